The molecule has 2 aromatic heterocycles. The number of aromatic nitrogens is 3. The topological polar surface area (TPSA) is 79.9 Å². The molecule has 1 aromatic carbocycles. The fraction of sp³-hybridized carbons (Fsp3) is 0.133. The van der Waals surface area contributed by atoms with Gasteiger partial charge >= 0.3 is 0 Å². The predicted octanol–water partition coefficient (Wildman–Crippen LogP) is 1.90. The van der Waals surface area contributed by atoms with Gasteiger partial charge < -0.3 is 15.0 Å². The van der Waals surface area contributed by atoms with Gasteiger partial charge in [0.1, 0.15) is 0 Å². The average molecular weight is 282 g/mol. The number of nitrogens with zero attached hydrogens (tertiary/aromatic N) is 2. The molecule has 6 nitrogen and oxygen atoms in total. The van der Waals surface area contributed by atoms with Gasteiger partial charge in [0.25, 0.3) is 5.91 Å². The summed E-state index contributed by atoms with van der Waals surface area (Å²) in [6, 6.07) is 11.2. The number of nitrogens with one attached hydrogen (secondary N) is 2. The lowest BCUT2D eigenvalue weighted by Crippen LogP contribution is -2.24. The number of hydrogen-bond donors (Lipinski definition) is 2. The van der Waals surface area contributed by atoms with Crippen molar-refractivity contribution < 1.29 is 9.53 Å². The van der Waals surface area contributed by atoms with Crippen LogP contribution in [0.1, 0.15) is 16.1 Å². The second-order valence-electron chi connectivity index (χ2n) is 4.54. The van der Waals surface area contributed by atoms with Crippen LogP contribution in [0.2, 0.25) is 0 Å². The summed E-state index contributed by atoms with van der Waals surface area (Å²) < 4.78 is 4.90. The van der Waals surface area contributed by atoms with Gasteiger partial charge in [0.2, 0.25) is 5.88 Å². The van der Waals surface area contributed by atoms with Crippen molar-refractivity contribution in [1.82, 2.24) is 20.5 Å². The van der Waals surface area contributed by atoms with Crippen molar-refractivity contribution in [3.8, 4) is 5.88 Å². The van der Waals surface area contributed by atoms with Crippen LogP contribution in [0.25, 0.3) is 10.9 Å². The predicted molar refractivity (Wildman–Crippen MR) is 78.1 cm³/mol. The van der Waals surface area contributed by atoms with E-state index in [4.69, 9.17) is 4.74 Å². The molecule has 0 bridgehead atoms. The molecule has 3 rings (SSSR count). The molecule has 1 amide bonds. The van der Waals surface area contributed by atoms with E-state index in [1.54, 1.807) is 12.1 Å². The van der Waals surface area contributed by atoms with Crippen molar-refractivity contribution in [2.75, 3.05) is 7.11 Å². The summed E-state index contributed by atoms with van der Waals surface area (Å²) in [5.41, 5.74) is 2.32. The maximum Gasteiger partial charge on any atom is 0.272 e. The molecular weight excluding hydrogens is 268 g/mol. The first-order valence-electron chi connectivity index (χ1n) is 6.48. The van der Waals surface area contributed by atoms with Gasteiger partial charge in [-0.15, -0.1) is 10.2 Å². The fourth-order valence-electron chi connectivity index (χ4n) is 2.03. The molecule has 0 radical (unpaired) electrons. The van der Waals surface area contributed by atoms with Crippen molar-refractivity contribution in [2.24, 2.45) is 0 Å². The molecule has 0 fully saturated rings. The highest BCUT2D eigenvalue weighted by atomic mass is 16.5. The summed E-state index contributed by atoms with van der Waals surface area (Å²) in [5.74, 6) is 0.112. The van der Waals surface area contributed by atoms with Gasteiger partial charge in [0.05, 0.1) is 7.11 Å². The van der Waals surface area contributed by atoms with Crippen molar-refractivity contribution in [2.45, 2.75) is 6.54 Å². The number of rotatable bonds is 4. The molecular formula is C15H14N4O2. The van der Waals surface area contributed by atoms with E-state index < -0.39 is 0 Å². The van der Waals surface area contributed by atoms with E-state index in [1.807, 2.05) is 30.5 Å². The summed E-state index contributed by atoms with van der Waals surface area (Å²) in [6.45, 7) is 0.432. The van der Waals surface area contributed by atoms with Gasteiger partial charge in [0.15, 0.2) is 5.69 Å². The second kappa shape index (κ2) is 5.62. The maximum atomic E-state index is 12.0. The Morgan fingerprint density at radius 1 is 1.24 bits per heavy atom. The first kappa shape index (κ1) is 13.1. The number of ether oxygens (including phenoxy) is 1. The minimum atomic E-state index is -0.267. The van der Waals surface area contributed by atoms with Crippen molar-refractivity contribution >= 4 is 16.8 Å². The molecule has 106 valence electrons. The van der Waals surface area contributed by atoms with E-state index in [0.29, 0.717) is 12.4 Å². The minimum absolute atomic E-state index is 0.261. The molecule has 0 aliphatic carbocycles. The van der Waals surface area contributed by atoms with Crippen LogP contribution in [0.3, 0.4) is 0 Å². The highest BCUT2D eigenvalue weighted by Gasteiger charge is 2.08. The standard InChI is InChI=1S/C15H14N4O2/c1-21-14-5-4-12(18-19-14)15(20)17-9-10-2-3-11-6-7-16-13(11)8-10/h2-8,16H,9H2,1H3,(H,17,20). The fourth-order valence-corrected chi connectivity index (χ4v) is 2.03. The summed E-state index contributed by atoms with van der Waals surface area (Å²) in [5, 5.41) is 11.5. The van der Waals surface area contributed by atoms with Gasteiger partial charge in [-0.05, 0) is 29.1 Å². The van der Waals surface area contributed by atoms with E-state index in [9.17, 15) is 4.79 Å². The van der Waals surface area contributed by atoms with E-state index in [1.165, 1.54) is 7.11 Å². The number of H-pyrrole nitrogens is 1. The van der Waals surface area contributed by atoms with Gasteiger partial charge in [-0.25, -0.2) is 0 Å². The summed E-state index contributed by atoms with van der Waals surface area (Å²) >= 11 is 0. The molecule has 0 aliphatic heterocycles. The Morgan fingerprint density at radius 2 is 2.14 bits per heavy atom. The molecule has 2 N–H and O–H groups in total. The number of methoxy groups -OCH3 is 1. The Hall–Kier alpha value is -2.89. The Kier molecular flexibility index (Phi) is 3.51. The molecule has 3 aromatic rings. The zero-order valence-electron chi connectivity index (χ0n) is 11.5. The smallest absolute Gasteiger partial charge is 0.272 e. The zero-order valence-corrected chi connectivity index (χ0v) is 11.5. The highest BCUT2D eigenvalue weighted by molar-refractivity contribution is 5.92. The number of hydrogen-bond acceptors (Lipinski definition) is 4. The summed E-state index contributed by atoms with van der Waals surface area (Å²) in [6.07, 6.45) is 1.89. The monoisotopic (exact) mass is 282 g/mol. The van der Waals surface area contributed by atoms with Crippen LogP contribution < -0.4 is 10.1 Å². The van der Waals surface area contributed by atoms with Crippen LogP contribution in [0.5, 0.6) is 5.88 Å². The third-order valence-corrected chi connectivity index (χ3v) is 3.15. The van der Waals surface area contributed by atoms with Crippen LogP contribution in [0.15, 0.2) is 42.6 Å². The SMILES string of the molecule is COc1ccc(C(=O)NCc2ccc3cc[nH]c3c2)nn1. The normalized spacial score (nSPS) is 10.5. The number of carbonyl (C=O) groups excluding carboxylic acids is 1. The summed E-state index contributed by atoms with van der Waals surface area (Å²) in [7, 11) is 1.50. The first-order chi connectivity index (χ1) is 10.3. The van der Waals surface area contributed by atoms with Gasteiger partial charge in [-0.3, -0.25) is 4.79 Å². The van der Waals surface area contributed by atoms with E-state index in [2.05, 4.69) is 20.5 Å². The first-order valence-corrected chi connectivity index (χ1v) is 6.48. The van der Waals surface area contributed by atoms with Crippen molar-refractivity contribution in [1.29, 1.82) is 0 Å². The number of benzene rings is 1. The minimum Gasteiger partial charge on any atom is -0.480 e. The maximum absolute atomic E-state index is 12.0. The zero-order chi connectivity index (χ0) is 14.7. The molecule has 0 aliphatic rings. The highest BCUT2D eigenvalue weighted by Crippen LogP contribution is 2.14. The molecule has 0 spiro atoms. The Balaban J connectivity index is 1.66. The second-order valence-corrected chi connectivity index (χ2v) is 4.54. The largest absolute Gasteiger partial charge is 0.480 e. The lowest BCUT2D eigenvalue weighted by atomic mass is 10.1. The molecule has 0 saturated heterocycles. The van der Waals surface area contributed by atoms with Gasteiger partial charge in [-0.1, -0.05) is 12.1 Å². The van der Waals surface area contributed by atoms with Crippen LogP contribution in [0.4, 0.5) is 0 Å². The van der Waals surface area contributed by atoms with Crippen LogP contribution in [-0.4, -0.2) is 28.2 Å². The summed E-state index contributed by atoms with van der Waals surface area (Å²) in [4.78, 5) is 15.1. The third kappa shape index (κ3) is 2.84. The van der Waals surface area contributed by atoms with Crippen molar-refractivity contribution in [3.05, 3.63) is 53.9 Å². The average Bonchev–Trinajstić information content (AvgIpc) is 3.00. The van der Waals surface area contributed by atoms with Crippen LogP contribution >= 0.6 is 0 Å². The van der Waals surface area contributed by atoms with Gasteiger partial charge in [0, 0.05) is 24.3 Å². The number of carbonyl (C=O) groups is 1. The van der Waals surface area contributed by atoms with Crippen LogP contribution in [-0.2, 0) is 6.54 Å². The lowest BCUT2D eigenvalue weighted by Gasteiger charge is -2.05. The molecule has 21 heavy (non-hydrogen) atoms. The Labute approximate surface area is 121 Å². The molecule has 0 saturated carbocycles. The lowest BCUT2D eigenvalue weighted by molar-refractivity contribution is 0.0944. The number of amides is 1. The van der Waals surface area contributed by atoms with Crippen LogP contribution in [0, 0.1) is 0 Å². The van der Waals surface area contributed by atoms with E-state index in [0.717, 1.165) is 16.5 Å². The third-order valence-electron chi connectivity index (χ3n) is 3.15. The molecule has 2 heterocycles. The molecule has 0 atom stereocenters. The van der Waals surface area contributed by atoms with E-state index >= 15 is 0 Å². The molecule has 6 heteroatoms. The van der Waals surface area contributed by atoms with E-state index in [-0.39, 0.29) is 11.6 Å². The van der Waals surface area contributed by atoms with Gasteiger partial charge in [-0.2, -0.15) is 0 Å². The molecule has 0 unspecified atom stereocenters. The Morgan fingerprint density at radius 3 is 2.90 bits per heavy atom. The number of aromatic amines is 1. The quantitative estimate of drug-likeness (QED) is 0.766. The Bertz CT molecular complexity index is 765. The van der Waals surface area contributed by atoms with Crippen molar-refractivity contribution in [3.63, 3.8) is 0 Å². The number of fused-ring (bicyclic) bond motifs is 1.